The third kappa shape index (κ3) is 3.28. The van der Waals surface area contributed by atoms with Gasteiger partial charge < -0.3 is 9.15 Å². The molecule has 2 aliphatic rings. The molecule has 1 aromatic carbocycles. The van der Waals surface area contributed by atoms with E-state index in [1.807, 2.05) is 12.2 Å². The first-order chi connectivity index (χ1) is 13.0. The molecular formula is C20H17NO6. The minimum absolute atomic E-state index is 0.00612. The van der Waals surface area contributed by atoms with Crippen LogP contribution in [0.5, 0.6) is 5.75 Å². The molecule has 1 fully saturated rings. The van der Waals surface area contributed by atoms with Crippen molar-refractivity contribution in [2.24, 2.45) is 11.8 Å². The van der Waals surface area contributed by atoms with Crippen molar-refractivity contribution in [3.63, 3.8) is 0 Å². The van der Waals surface area contributed by atoms with Crippen LogP contribution in [-0.4, -0.2) is 29.2 Å². The van der Waals surface area contributed by atoms with Crippen molar-refractivity contribution in [1.82, 2.24) is 4.90 Å². The van der Waals surface area contributed by atoms with Crippen LogP contribution >= 0.6 is 0 Å². The molecule has 7 nitrogen and oxygen atoms in total. The van der Waals surface area contributed by atoms with E-state index in [1.165, 1.54) is 17.0 Å². The highest BCUT2D eigenvalue weighted by Crippen LogP contribution is 2.35. The lowest BCUT2D eigenvalue weighted by atomic mass is 9.85. The first-order valence-corrected chi connectivity index (χ1v) is 8.78. The first kappa shape index (κ1) is 17.2. The van der Waals surface area contributed by atoms with Crippen LogP contribution in [0.25, 0.3) is 11.0 Å². The van der Waals surface area contributed by atoms with Crippen molar-refractivity contribution in [2.75, 3.05) is 6.54 Å². The highest BCUT2D eigenvalue weighted by Gasteiger charge is 2.46. The van der Waals surface area contributed by atoms with Gasteiger partial charge in [0.2, 0.25) is 11.8 Å². The Bertz CT molecular complexity index is 995. The molecule has 1 saturated heterocycles. The lowest BCUT2D eigenvalue weighted by molar-refractivity contribution is -0.141. The second-order valence-electron chi connectivity index (χ2n) is 6.66. The number of fused-ring (bicyclic) bond motifs is 2. The normalized spacial score (nSPS) is 21.6. The maximum Gasteiger partial charge on any atom is 0.336 e. The molecule has 1 aliphatic heterocycles. The number of likely N-dealkylation sites (tertiary alicyclic amines) is 1. The fourth-order valence-corrected chi connectivity index (χ4v) is 3.58. The molecule has 7 heteroatoms. The van der Waals surface area contributed by atoms with E-state index in [2.05, 4.69) is 0 Å². The van der Waals surface area contributed by atoms with Gasteiger partial charge in [0.1, 0.15) is 11.3 Å². The lowest BCUT2D eigenvalue weighted by Gasteiger charge is -2.14. The second kappa shape index (κ2) is 6.83. The number of esters is 1. The van der Waals surface area contributed by atoms with Crippen LogP contribution in [0.4, 0.5) is 0 Å². The molecule has 2 atom stereocenters. The third-order valence-corrected chi connectivity index (χ3v) is 4.96. The van der Waals surface area contributed by atoms with Gasteiger partial charge in [0.05, 0.1) is 18.3 Å². The maximum atomic E-state index is 12.4. The number of rotatable bonds is 4. The van der Waals surface area contributed by atoms with E-state index in [-0.39, 0.29) is 42.4 Å². The highest BCUT2D eigenvalue weighted by molar-refractivity contribution is 6.05. The number of allylic oxidation sites excluding steroid dienone is 2. The molecule has 138 valence electrons. The van der Waals surface area contributed by atoms with E-state index in [0.717, 1.165) is 0 Å². The molecule has 1 aromatic heterocycles. The molecule has 27 heavy (non-hydrogen) atoms. The fraction of sp³-hybridized carbons (Fsp3) is 0.300. The number of imide groups is 1. The molecule has 2 amide bonds. The summed E-state index contributed by atoms with van der Waals surface area (Å²) < 4.78 is 10.3. The van der Waals surface area contributed by atoms with Gasteiger partial charge in [-0.25, -0.2) is 4.79 Å². The van der Waals surface area contributed by atoms with Crippen LogP contribution in [0.1, 0.15) is 19.3 Å². The maximum absolute atomic E-state index is 12.4. The number of carbonyl (C=O) groups excluding carboxylic acids is 3. The molecule has 2 heterocycles. The summed E-state index contributed by atoms with van der Waals surface area (Å²) in [6.07, 6.45) is 4.88. The summed E-state index contributed by atoms with van der Waals surface area (Å²) >= 11 is 0. The molecule has 0 radical (unpaired) electrons. The lowest BCUT2D eigenvalue weighted by Crippen LogP contribution is -2.33. The number of amides is 2. The number of ether oxygens (including phenoxy) is 1. The number of benzene rings is 1. The SMILES string of the molecule is O=C(CCN1C(=O)[C@@H]2CC=CC[C@H]2C1=O)Oc1ccc2ccc(=O)oc2c1. The summed E-state index contributed by atoms with van der Waals surface area (Å²) in [4.78, 5) is 49.3. The van der Waals surface area contributed by atoms with Crippen molar-refractivity contribution in [3.8, 4) is 5.75 Å². The fourth-order valence-electron chi connectivity index (χ4n) is 3.58. The molecule has 4 rings (SSSR count). The number of hydrogen-bond acceptors (Lipinski definition) is 6. The molecular weight excluding hydrogens is 350 g/mol. The Morgan fingerprint density at radius 3 is 2.41 bits per heavy atom. The monoisotopic (exact) mass is 367 g/mol. The zero-order valence-electron chi connectivity index (χ0n) is 14.4. The van der Waals surface area contributed by atoms with Gasteiger partial charge in [0.15, 0.2) is 0 Å². The number of hydrogen-bond donors (Lipinski definition) is 0. The zero-order chi connectivity index (χ0) is 19.0. The molecule has 2 aromatic rings. The Morgan fingerprint density at radius 1 is 1.04 bits per heavy atom. The van der Waals surface area contributed by atoms with E-state index in [1.54, 1.807) is 18.2 Å². The summed E-state index contributed by atoms with van der Waals surface area (Å²) in [6, 6.07) is 7.65. The smallest absolute Gasteiger partial charge is 0.336 e. The van der Waals surface area contributed by atoms with E-state index >= 15 is 0 Å². The third-order valence-electron chi connectivity index (χ3n) is 4.96. The predicted molar refractivity (Wildman–Crippen MR) is 94.8 cm³/mol. The van der Waals surface area contributed by atoms with E-state index in [0.29, 0.717) is 23.8 Å². The average molecular weight is 367 g/mol. The Balaban J connectivity index is 1.39. The molecule has 0 spiro atoms. The quantitative estimate of drug-likeness (QED) is 0.270. The van der Waals surface area contributed by atoms with Gasteiger partial charge in [-0.05, 0) is 31.0 Å². The van der Waals surface area contributed by atoms with Crippen LogP contribution in [-0.2, 0) is 14.4 Å². The number of carbonyl (C=O) groups is 3. The Labute approximate surface area is 154 Å². The van der Waals surface area contributed by atoms with E-state index in [4.69, 9.17) is 9.15 Å². The number of nitrogens with zero attached hydrogens (tertiary/aromatic N) is 1. The van der Waals surface area contributed by atoms with Crippen molar-refractivity contribution in [2.45, 2.75) is 19.3 Å². The van der Waals surface area contributed by atoms with E-state index < -0.39 is 11.6 Å². The van der Waals surface area contributed by atoms with Crippen LogP contribution in [0.15, 0.2) is 51.7 Å². The minimum atomic E-state index is -0.568. The van der Waals surface area contributed by atoms with Gasteiger partial charge >= 0.3 is 11.6 Å². The summed E-state index contributed by atoms with van der Waals surface area (Å²) in [5, 5.41) is 0.707. The largest absolute Gasteiger partial charge is 0.426 e. The molecule has 0 unspecified atom stereocenters. The van der Waals surface area contributed by atoms with Crippen LogP contribution < -0.4 is 10.4 Å². The van der Waals surface area contributed by atoms with Gasteiger partial charge in [-0.2, -0.15) is 0 Å². The minimum Gasteiger partial charge on any atom is -0.426 e. The van der Waals surface area contributed by atoms with Gasteiger partial charge in [0, 0.05) is 24.1 Å². The van der Waals surface area contributed by atoms with Crippen LogP contribution in [0, 0.1) is 11.8 Å². The van der Waals surface area contributed by atoms with E-state index in [9.17, 15) is 19.2 Å². The van der Waals surface area contributed by atoms with Crippen molar-refractivity contribution >= 4 is 28.8 Å². The first-order valence-electron chi connectivity index (χ1n) is 8.78. The zero-order valence-corrected chi connectivity index (χ0v) is 14.4. The van der Waals surface area contributed by atoms with Crippen LogP contribution in [0.2, 0.25) is 0 Å². The summed E-state index contributed by atoms with van der Waals surface area (Å²) in [6.45, 7) is 0.00612. The standard InChI is InChI=1S/C20H17NO6/c22-17-8-6-12-5-7-13(11-16(12)27-17)26-18(23)9-10-21-19(24)14-3-1-2-4-15(14)20(21)25/h1-2,5-8,11,14-15H,3-4,9-10H2/t14-,15-/m1/s1. The Hall–Kier alpha value is -3.22. The Morgan fingerprint density at radius 2 is 1.70 bits per heavy atom. The van der Waals surface area contributed by atoms with Crippen LogP contribution in [0.3, 0.4) is 0 Å². The predicted octanol–water partition coefficient (Wildman–Crippen LogP) is 2.04. The molecule has 1 aliphatic carbocycles. The van der Waals surface area contributed by atoms with Gasteiger partial charge in [0.25, 0.3) is 0 Å². The second-order valence-corrected chi connectivity index (χ2v) is 6.66. The Kier molecular flexibility index (Phi) is 4.35. The van der Waals surface area contributed by atoms with Crippen molar-refractivity contribution in [3.05, 3.63) is 52.9 Å². The average Bonchev–Trinajstić information content (AvgIpc) is 2.90. The van der Waals surface area contributed by atoms with Gasteiger partial charge in [-0.1, -0.05) is 12.2 Å². The van der Waals surface area contributed by atoms with Crippen molar-refractivity contribution in [1.29, 1.82) is 0 Å². The van der Waals surface area contributed by atoms with Gasteiger partial charge in [-0.15, -0.1) is 0 Å². The van der Waals surface area contributed by atoms with Gasteiger partial charge in [-0.3, -0.25) is 19.3 Å². The molecule has 0 bridgehead atoms. The summed E-state index contributed by atoms with van der Waals surface area (Å²) in [5.41, 5.74) is -0.178. The summed E-state index contributed by atoms with van der Waals surface area (Å²) in [7, 11) is 0. The van der Waals surface area contributed by atoms with Crippen molar-refractivity contribution < 1.29 is 23.5 Å². The summed E-state index contributed by atoms with van der Waals surface area (Å²) in [5.74, 6) is -1.37. The highest BCUT2D eigenvalue weighted by atomic mass is 16.5. The molecule has 0 N–H and O–H groups in total. The topological polar surface area (TPSA) is 93.9 Å². The molecule has 0 saturated carbocycles.